The van der Waals surface area contributed by atoms with Gasteiger partial charge in [0.15, 0.2) is 0 Å². The molecule has 0 unspecified atom stereocenters. The van der Waals surface area contributed by atoms with Crippen LogP contribution in [0.4, 0.5) is 0 Å². The zero-order valence-corrected chi connectivity index (χ0v) is 10.4. The minimum atomic E-state index is -0.542. The number of nitrogens with one attached hydrogen (secondary N) is 1. The van der Waals surface area contributed by atoms with Gasteiger partial charge in [-0.1, -0.05) is 0 Å². The molecule has 0 saturated heterocycles. The molecule has 0 aromatic carbocycles. The van der Waals surface area contributed by atoms with E-state index in [2.05, 4.69) is 10.1 Å². The highest BCUT2D eigenvalue weighted by atomic mass is 35.5. The van der Waals surface area contributed by atoms with Gasteiger partial charge in [0.2, 0.25) is 5.91 Å². The third-order valence-corrected chi connectivity index (χ3v) is 2.82. The SMILES string of the molecule is COC(=O)CC1(NC(=O)[C@@H](C)N)CCC1.Cl. The molecule has 0 bridgehead atoms. The number of hydrogen-bond acceptors (Lipinski definition) is 4. The van der Waals surface area contributed by atoms with Crippen molar-refractivity contribution in [3.63, 3.8) is 0 Å². The van der Waals surface area contributed by atoms with E-state index in [1.165, 1.54) is 7.11 Å². The van der Waals surface area contributed by atoms with Gasteiger partial charge in [0.05, 0.1) is 25.1 Å². The molecular weight excluding hydrogens is 232 g/mol. The molecule has 94 valence electrons. The first-order chi connectivity index (χ1) is 6.99. The van der Waals surface area contributed by atoms with Crippen molar-refractivity contribution in [2.45, 2.75) is 44.2 Å². The number of carbonyl (C=O) groups is 2. The average molecular weight is 251 g/mol. The third kappa shape index (κ3) is 3.64. The lowest BCUT2D eigenvalue weighted by Gasteiger charge is -2.42. The zero-order valence-electron chi connectivity index (χ0n) is 9.62. The van der Waals surface area contributed by atoms with Crippen molar-refractivity contribution in [3.8, 4) is 0 Å². The van der Waals surface area contributed by atoms with Gasteiger partial charge in [0, 0.05) is 0 Å². The van der Waals surface area contributed by atoms with Crippen LogP contribution in [0.15, 0.2) is 0 Å². The van der Waals surface area contributed by atoms with E-state index in [-0.39, 0.29) is 30.7 Å². The van der Waals surface area contributed by atoms with Crippen LogP contribution in [0.1, 0.15) is 32.6 Å². The summed E-state index contributed by atoms with van der Waals surface area (Å²) in [5, 5.41) is 2.83. The lowest BCUT2D eigenvalue weighted by atomic mass is 9.74. The Labute approximate surface area is 101 Å². The highest BCUT2D eigenvalue weighted by Crippen LogP contribution is 2.35. The van der Waals surface area contributed by atoms with Gasteiger partial charge in [-0.2, -0.15) is 0 Å². The van der Waals surface area contributed by atoms with E-state index in [0.717, 1.165) is 19.3 Å². The fourth-order valence-corrected chi connectivity index (χ4v) is 1.67. The van der Waals surface area contributed by atoms with E-state index >= 15 is 0 Å². The number of carbonyl (C=O) groups excluding carboxylic acids is 2. The minimum absolute atomic E-state index is 0. The Bertz CT molecular complexity index is 265. The fraction of sp³-hybridized carbons (Fsp3) is 0.800. The van der Waals surface area contributed by atoms with Gasteiger partial charge < -0.3 is 15.8 Å². The maximum atomic E-state index is 11.4. The second-order valence-electron chi connectivity index (χ2n) is 4.16. The number of nitrogens with two attached hydrogens (primary N) is 1. The highest BCUT2D eigenvalue weighted by Gasteiger charge is 2.40. The van der Waals surface area contributed by atoms with Gasteiger partial charge in [0.25, 0.3) is 0 Å². The maximum absolute atomic E-state index is 11.4. The Balaban J connectivity index is 0.00000225. The summed E-state index contributed by atoms with van der Waals surface area (Å²) in [5.74, 6) is -0.502. The first kappa shape index (κ1) is 15.2. The van der Waals surface area contributed by atoms with Gasteiger partial charge in [-0.15, -0.1) is 12.4 Å². The van der Waals surface area contributed by atoms with Crippen LogP contribution in [0.3, 0.4) is 0 Å². The van der Waals surface area contributed by atoms with Crippen LogP contribution in [0.5, 0.6) is 0 Å². The molecule has 0 spiro atoms. The van der Waals surface area contributed by atoms with Crippen LogP contribution in [-0.4, -0.2) is 30.6 Å². The van der Waals surface area contributed by atoms with Crippen LogP contribution in [-0.2, 0) is 14.3 Å². The predicted octanol–water partition coefficient (Wildman–Crippen LogP) is 0.357. The topological polar surface area (TPSA) is 81.4 Å². The quantitative estimate of drug-likeness (QED) is 0.706. The first-order valence-electron chi connectivity index (χ1n) is 5.13. The Morgan fingerprint density at radius 3 is 2.38 bits per heavy atom. The van der Waals surface area contributed by atoms with Crippen LogP contribution in [0, 0.1) is 0 Å². The van der Waals surface area contributed by atoms with Gasteiger partial charge in [-0.3, -0.25) is 9.59 Å². The molecule has 1 rings (SSSR count). The maximum Gasteiger partial charge on any atom is 0.307 e. The number of methoxy groups -OCH3 is 1. The molecule has 1 atom stereocenters. The van der Waals surface area contributed by atoms with E-state index in [0.29, 0.717) is 0 Å². The molecule has 3 N–H and O–H groups in total. The van der Waals surface area contributed by atoms with Crippen molar-refractivity contribution >= 4 is 24.3 Å². The molecular formula is C10H19ClN2O3. The van der Waals surface area contributed by atoms with Crippen molar-refractivity contribution in [1.29, 1.82) is 0 Å². The Morgan fingerprint density at radius 2 is 2.06 bits per heavy atom. The summed E-state index contributed by atoms with van der Waals surface area (Å²) in [6, 6.07) is -0.542. The molecule has 1 amide bonds. The van der Waals surface area contributed by atoms with Crippen LogP contribution in [0.25, 0.3) is 0 Å². The molecule has 0 aromatic heterocycles. The van der Waals surface area contributed by atoms with Gasteiger partial charge >= 0.3 is 5.97 Å². The molecule has 0 aliphatic heterocycles. The standard InChI is InChI=1S/C10H18N2O3.ClH/c1-7(11)9(14)12-10(4-3-5-10)6-8(13)15-2;/h7H,3-6,11H2,1-2H3,(H,12,14);1H/t7-;/m1./s1. The molecule has 0 aromatic rings. The van der Waals surface area contributed by atoms with Crippen molar-refractivity contribution in [3.05, 3.63) is 0 Å². The lowest BCUT2D eigenvalue weighted by molar-refractivity contribution is -0.144. The molecule has 5 nitrogen and oxygen atoms in total. The summed E-state index contributed by atoms with van der Waals surface area (Å²) in [5.41, 5.74) is 5.05. The number of amides is 1. The fourth-order valence-electron chi connectivity index (χ4n) is 1.67. The predicted molar refractivity (Wildman–Crippen MR) is 62.3 cm³/mol. The second-order valence-corrected chi connectivity index (χ2v) is 4.16. The van der Waals surface area contributed by atoms with E-state index in [9.17, 15) is 9.59 Å². The van der Waals surface area contributed by atoms with Crippen molar-refractivity contribution in [2.24, 2.45) is 5.73 Å². The third-order valence-electron chi connectivity index (χ3n) is 2.82. The van der Waals surface area contributed by atoms with Crippen LogP contribution >= 0.6 is 12.4 Å². The highest BCUT2D eigenvalue weighted by molar-refractivity contribution is 5.85. The number of hydrogen-bond donors (Lipinski definition) is 2. The minimum Gasteiger partial charge on any atom is -0.469 e. The van der Waals surface area contributed by atoms with Crippen LogP contribution < -0.4 is 11.1 Å². The van der Waals surface area contributed by atoms with Gasteiger partial charge in [-0.05, 0) is 26.2 Å². The Hall–Kier alpha value is -0.810. The Morgan fingerprint density at radius 1 is 1.50 bits per heavy atom. The summed E-state index contributed by atoms with van der Waals surface area (Å²) < 4.78 is 4.60. The van der Waals surface area contributed by atoms with Gasteiger partial charge in [-0.25, -0.2) is 0 Å². The number of ether oxygens (including phenoxy) is 1. The second kappa shape index (κ2) is 6.06. The smallest absolute Gasteiger partial charge is 0.307 e. The molecule has 6 heteroatoms. The molecule has 0 radical (unpaired) electrons. The Kier molecular flexibility index (Phi) is 5.75. The largest absolute Gasteiger partial charge is 0.469 e. The number of halogens is 1. The lowest BCUT2D eigenvalue weighted by Crippen LogP contribution is -2.57. The zero-order chi connectivity index (χ0) is 11.5. The number of esters is 1. The first-order valence-corrected chi connectivity index (χ1v) is 5.13. The summed E-state index contributed by atoms with van der Waals surface area (Å²) in [6.45, 7) is 1.62. The molecule has 1 aliphatic rings. The summed E-state index contributed by atoms with van der Waals surface area (Å²) in [6.07, 6.45) is 2.90. The molecule has 1 fully saturated rings. The molecule has 0 heterocycles. The van der Waals surface area contributed by atoms with Crippen LogP contribution in [0.2, 0.25) is 0 Å². The van der Waals surface area contributed by atoms with E-state index < -0.39 is 11.6 Å². The molecule has 16 heavy (non-hydrogen) atoms. The van der Waals surface area contributed by atoms with Crippen molar-refractivity contribution in [1.82, 2.24) is 5.32 Å². The number of rotatable bonds is 4. The summed E-state index contributed by atoms with van der Waals surface area (Å²) in [4.78, 5) is 22.6. The van der Waals surface area contributed by atoms with Crippen molar-refractivity contribution < 1.29 is 14.3 Å². The molecule has 1 aliphatic carbocycles. The van der Waals surface area contributed by atoms with E-state index in [1.807, 2.05) is 0 Å². The van der Waals surface area contributed by atoms with E-state index in [1.54, 1.807) is 6.92 Å². The monoisotopic (exact) mass is 250 g/mol. The summed E-state index contributed by atoms with van der Waals surface area (Å²) >= 11 is 0. The van der Waals surface area contributed by atoms with Crippen molar-refractivity contribution in [2.75, 3.05) is 7.11 Å². The average Bonchev–Trinajstić information content (AvgIpc) is 2.13. The summed E-state index contributed by atoms with van der Waals surface area (Å²) in [7, 11) is 1.35. The van der Waals surface area contributed by atoms with Gasteiger partial charge in [0.1, 0.15) is 0 Å². The van der Waals surface area contributed by atoms with E-state index in [4.69, 9.17) is 5.73 Å². The normalized spacial score (nSPS) is 18.7. The molecule has 1 saturated carbocycles.